The van der Waals surface area contributed by atoms with Gasteiger partial charge in [0, 0.05) is 16.9 Å². The number of anilines is 2. The number of nitrogens with two attached hydrogens (primary N) is 1. The van der Waals surface area contributed by atoms with Gasteiger partial charge in [0.05, 0.1) is 5.56 Å². The van der Waals surface area contributed by atoms with E-state index in [1.54, 1.807) is 18.2 Å². The summed E-state index contributed by atoms with van der Waals surface area (Å²) in [6.07, 6.45) is 0. The van der Waals surface area contributed by atoms with E-state index in [1.165, 1.54) is 25.1 Å². The van der Waals surface area contributed by atoms with E-state index in [4.69, 9.17) is 5.73 Å². The predicted octanol–water partition coefficient (Wildman–Crippen LogP) is 2.86. The molecule has 0 heterocycles. The van der Waals surface area contributed by atoms with Crippen LogP contribution in [0.2, 0.25) is 0 Å². The van der Waals surface area contributed by atoms with E-state index in [0.29, 0.717) is 11.3 Å². The van der Waals surface area contributed by atoms with Gasteiger partial charge in [-0.2, -0.15) is 0 Å². The molecule has 0 aliphatic rings. The van der Waals surface area contributed by atoms with Gasteiger partial charge in [-0.15, -0.1) is 0 Å². The molecule has 2 aromatic rings. The highest BCUT2D eigenvalue weighted by Gasteiger charge is 2.12. The quantitative estimate of drug-likeness (QED) is 0.666. The van der Waals surface area contributed by atoms with Crippen molar-refractivity contribution >= 4 is 23.1 Å². The fourth-order valence-electron chi connectivity index (χ4n) is 1.73. The number of carbonyl (C=O) groups excluding carboxylic acids is 2. The third-order valence-corrected chi connectivity index (χ3v) is 2.76. The first-order valence-electron chi connectivity index (χ1n) is 5.95. The van der Waals surface area contributed by atoms with E-state index < -0.39 is 11.7 Å². The summed E-state index contributed by atoms with van der Waals surface area (Å²) in [4.78, 5) is 23.2. The maximum absolute atomic E-state index is 13.6. The third kappa shape index (κ3) is 3.00. The zero-order valence-corrected chi connectivity index (χ0v) is 10.8. The Labute approximate surface area is 115 Å². The van der Waals surface area contributed by atoms with Crippen LogP contribution < -0.4 is 11.1 Å². The van der Waals surface area contributed by atoms with Crippen molar-refractivity contribution in [2.45, 2.75) is 6.92 Å². The standard InChI is InChI=1S/C15H13FN2O2/c1-9(19)10-3-2-4-12(7-10)18-15(20)13-6-5-11(17)8-14(13)16/h2-8H,17H2,1H3,(H,18,20). The summed E-state index contributed by atoms with van der Waals surface area (Å²) in [7, 11) is 0. The molecule has 5 heteroatoms. The van der Waals surface area contributed by atoms with Crippen molar-refractivity contribution in [2.24, 2.45) is 0 Å². The van der Waals surface area contributed by atoms with Crippen LogP contribution in [-0.2, 0) is 0 Å². The van der Waals surface area contributed by atoms with Crippen LogP contribution in [0.3, 0.4) is 0 Å². The molecule has 0 saturated carbocycles. The summed E-state index contributed by atoms with van der Waals surface area (Å²) < 4.78 is 13.6. The number of nitrogen functional groups attached to an aromatic ring is 1. The van der Waals surface area contributed by atoms with E-state index >= 15 is 0 Å². The van der Waals surface area contributed by atoms with Gasteiger partial charge in [0.2, 0.25) is 0 Å². The lowest BCUT2D eigenvalue weighted by Gasteiger charge is -2.07. The molecule has 2 aromatic carbocycles. The van der Waals surface area contributed by atoms with E-state index in [0.717, 1.165) is 6.07 Å². The van der Waals surface area contributed by atoms with Gasteiger partial charge in [-0.25, -0.2) is 4.39 Å². The molecule has 0 aliphatic carbocycles. The van der Waals surface area contributed by atoms with Crippen LogP contribution in [0.4, 0.5) is 15.8 Å². The molecule has 0 radical (unpaired) electrons. The highest BCUT2D eigenvalue weighted by atomic mass is 19.1. The van der Waals surface area contributed by atoms with Crippen molar-refractivity contribution in [1.82, 2.24) is 0 Å². The number of rotatable bonds is 3. The lowest BCUT2D eigenvalue weighted by molar-refractivity contribution is 0.100. The Morgan fingerprint density at radius 2 is 1.90 bits per heavy atom. The molecule has 0 saturated heterocycles. The summed E-state index contributed by atoms with van der Waals surface area (Å²) in [6.45, 7) is 1.43. The van der Waals surface area contributed by atoms with Crippen LogP contribution in [0.1, 0.15) is 27.6 Å². The monoisotopic (exact) mass is 272 g/mol. The SMILES string of the molecule is CC(=O)c1cccc(NC(=O)c2ccc(N)cc2F)c1. The predicted molar refractivity (Wildman–Crippen MR) is 75.2 cm³/mol. The molecule has 0 atom stereocenters. The van der Waals surface area contributed by atoms with Crippen molar-refractivity contribution in [2.75, 3.05) is 11.1 Å². The van der Waals surface area contributed by atoms with Crippen LogP contribution in [0.25, 0.3) is 0 Å². The molecule has 2 rings (SSSR count). The Hall–Kier alpha value is -2.69. The van der Waals surface area contributed by atoms with Gasteiger partial charge < -0.3 is 11.1 Å². The molecule has 102 valence electrons. The summed E-state index contributed by atoms with van der Waals surface area (Å²) in [5.74, 6) is -1.40. The molecule has 0 spiro atoms. The summed E-state index contributed by atoms with van der Waals surface area (Å²) in [6, 6.07) is 10.3. The van der Waals surface area contributed by atoms with Gasteiger partial charge in [0.15, 0.2) is 5.78 Å². The second kappa shape index (κ2) is 5.52. The first kappa shape index (κ1) is 13.7. The number of hydrogen-bond donors (Lipinski definition) is 2. The molecule has 3 N–H and O–H groups in total. The number of nitrogens with one attached hydrogen (secondary N) is 1. The number of benzene rings is 2. The number of amides is 1. The number of Topliss-reactive ketones (excluding diaryl/α,β-unsaturated/α-hetero) is 1. The fourth-order valence-corrected chi connectivity index (χ4v) is 1.73. The summed E-state index contributed by atoms with van der Waals surface area (Å²) in [5, 5.41) is 2.54. The smallest absolute Gasteiger partial charge is 0.258 e. The molecule has 20 heavy (non-hydrogen) atoms. The molecule has 4 nitrogen and oxygen atoms in total. The van der Waals surface area contributed by atoms with E-state index in [1.807, 2.05) is 0 Å². The van der Waals surface area contributed by atoms with Gasteiger partial charge in [-0.1, -0.05) is 12.1 Å². The van der Waals surface area contributed by atoms with Crippen molar-refractivity contribution in [3.8, 4) is 0 Å². The van der Waals surface area contributed by atoms with Crippen molar-refractivity contribution in [1.29, 1.82) is 0 Å². The van der Waals surface area contributed by atoms with Gasteiger partial charge in [-0.3, -0.25) is 9.59 Å². The minimum absolute atomic E-state index is 0.104. The molecule has 0 aromatic heterocycles. The molecular formula is C15H13FN2O2. The second-order valence-electron chi connectivity index (χ2n) is 4.33. The van der Waals surface area contributed by atoms with Crippen molar-refractivity contribution in [3.63, 3.8) is 0 Å². The maximum Gasteiger partial charge on any atom is 0.258 e. The topological polar surface area (TPSA) is 72.2 Å². The fraction of sp³-hybridized carbons (Fsp3) is 0.0667. The number of carbonyl (C=O) groups is 2. The second-order valence-corrected chi connectivity index (χ2v) is 4.33. The van der Waals surface area contributed by atoms with Crippen molar-refractivity contribution < 1.29 is 14.0 Å². The highest BCUT2D eigenvalue weighted by molar-refractivity contribution is 6.05. The van der Waals surface area contributed by atoms with Gasteiger partial charge in [0.25, 0.3) is 5.91 Å². The highest BCUT2D eigenvalue weighted by Crippen LogP contribution is 2.16. The first-order chi connectivity index (χ1) is 9.47. The molecule has 0 bridgehead atoms. The first-order valence-corrected chi connectivity index (χ1v) is 5.95. The van der Waals surface area contributed by atoms with Crippen LogP contribution in [0, 0.1) is 5.82 Å². The maximum atomic E-state index is 13.6. The number of halogens is 1. The Morgan fingerprint density at radius 1 is 1.15 bits per heavy atom. The zero-order valence-electron chi connectivity index (χ0n) is 10.8. The average molecular weight is 272 g/mol. The molecule has 0 fully saturated rings. The minimum Gasteiger partial charge on any atom is -0.399 e. The van der Waals surface area contributed by atoms with E-state index in [2.05, 4.69) is 5.32 Å². The molecule has 1 amide bonds. The van der Waals surface area contributed by atoms with Gasteiger partial charge in [-0.05, 0) is 37.3 Å². The molecular weight excluding hydrogens is 259 g/mol. The van der Waals surface area contributed by atoms with E-state index in [-0.39, 0.29) is 17.0 Å². The van der Waals surface area contributed by atoms with Gasteiger partial charge >= 0.3 is 0 Å². The van der Waals surface area contributed by atoms with Crippen LogP contribution in [0.5, 0.6) is 0 Å². The Balaban J connectivity index is 2.23. The third-order valence-electron chi connectivity index (χ3n) is 2.76. The molecule has 0 unspecified atom stereocenters. The lowest BCUT2D eigenvalue weighted by Crippen LogP contribution is -2.14. The average Bonchev–Trinajstić information content (AvgIpc) is 2.38. The van der Waals surface area contributed by atoms with E-state index in [9.17, 15) is 14.0 Å². The minimum atomic E-state index is -0.690. The van der Waals surface area contributed by atoms with Crippen molar-refractivity contribution in [3.05, 3.63) is 59.4 Å². The molecule has 0 aliphatic heterocycles. The van der Waals surface area contributed by atoms with Crippen LogP contribution in [0.15, 0.2) is 42.5 Å². The Bertz CT molecular complexity index is 683. The Morgan fingerprint density at radius 3 is 2.55 bits per heavy atom. The lowest BCUT2D eigenvalue weighted by atomic mass is 10.1. The van der Waals surface area contributed by atoms with Crippen LogP contribution in [-0.4, -0.2) is 11.7 Å². The number of ketones is 1. The summed E-state index contributed by atoms with van der Waals surface area (Å²) >= 11 is 0. The van der Waals surface area contributed by atoms with Crippen LogP contribution >= 0.6 is 0 Å². The van der Waals surface area contributed by atoms with Gasteiger partial charge in [0.1, 0.15) is 5.82 Å². The number of hydrogen-bond acceptors (Lipinski definition) is 3. The summed E-state index contributed by atoms with van der Waals surface area (Å²) in [5.41, 5.74) is 6.47. The largest absolute Gasteiger partial charge is 0.399 e. The Kier molecular flexibility index (Phi) is 3.79. The zero-order chi connectivity index (χ0) is 14.7. The normalized spacial score (nSPS) is 10.1.